The van der Waals surface area contributed by atoms with E-state index >= 15 is 0 Å². The molecule has 0 aliphatic carbocycles. The molecule has 0 bridgehead atoms. The molecule has 1 amide bonds. The number of nitro benzene ring substituents is 1. The van der Waals surface area contributed by atoms with Crippen molar-refractivity contribution in [1.82, 2.24) is 0 Å². The van der Waals surface area contributed by atoms with Gasteiger partial charge in [0.05, 0.1) is 46.1 Å². The molecule has 42 heavy (non-hydrogen) atoms. The highest BCUT2D eigenvalue weighted by Crippen LogP contribution is 2.56. The summed E-state index contributed by atoms with van der Waals surface area (Å²) in [5.41, 5.74) is 1.26. The average Bonchev–Trinajstić information content (AvgIpc) is 3.41. The Morgan fingerprint density at radius 3 is 2.14 bits per heavy atom. The predicted octanol–water partition coefficient (Wildman–Crippen LogP) is 5.91. The summed E-state index contributed by atoms with van der Waals surface area (Å²) in [4.78, 5) is 51.5. The van der Waals surface area contributed by atoms with Gasteiger partial charge in [0.1, 0.15) is 15.6 Å². The lowest BCUT2D eigenvalue weighted by Crippen LogP contribution is -2.55. The SMILES string of the molecule is CCOc1ccc2c(c1)C(=C1SC(C(=O)OC)=C(C(=O)OC)S1)C(=S)C(C)(C)N2C(=O)C=Cc1ccc([N+](=O)[O-])cc1. The van der Waals surface area contributed by atoms with E-state index < -0.39 is 22.4 Å². The molecule has 10 nitrogen and oxygen atoms in total. The maximum absolute atomic E-state index is 13.8. The van der Waals surface area contributed by atoms with Crippen molar-refractivity contribution in [1.29, 1.82) is 0 Å². The van der Waals surface area contributed by atoms with Crippen molar-refractivity contribution in [3.05, 3.63) is 83.8 Å². The maximum atomic E-state index is 13.8. The molecular formula is C29H26N2O8S3. The van der Waals surface area contributed by atoms with Crippen LogP contribution in [0.3, 0.4) is 0 Å². The number of thioether (sulfide) groups is 2. The smallest absolute Gasteiger partial charge is 0.346 e. The molecule has 0 aromatic heterocycles. The molecule has 0 fully saturated rings. The first-order valence-electron chi connectivity index (χ1n) is 12.5. The van der Waals surface area contributed by atoms with Crippen molar-refractivity contribution in [3.63, 3.8) is 0 Å². The summed E-state index contributed by atoms with van der Waals surface area (Å²) >= 11 is 8.13. The van der Waals surface area contributed by atoms with Crippen LogP contribution in [0.4, 0.5) is 11.4 Å². The fourth-order valence-corrected chi connectivity index (χ4v) is 7.43. The highest BCUT2D eigenvalue weighted by Gasteiger charge is 2.46. The Balaban J connectivity index is 1.83. The zero-order chi connectivity index (χ0) is 30.8. The number of nitrogens with zero attached hydrogens (tertiary/aromatic N) is 2. The second-order valence-corrected chi connectivity index (χ2v) is 12.1. The molecule has 2 heterocycles. The lowest BCUT2D eigenvalue weighted by molar-refractivity contribution is -0.384. The number of hydrogen-bond donors (Lipinski definition) is 0. The summed E-state index contributed by atoms with van der Waals surface area (Å²) < 4.78 is 16.1. The fourth-order valence-electron chi connectivity index (χ4n) is 4.40. The van der Waals surface area contributed by atoms with E-state index in [1.165, 1.54) is 32.4 Å². The van der Waals surface area contributed by atoms with Gasteiger partial charge in [0.2, 0.25) is 0 Å². The molecule has 0 unspecified atom stereocenters. The van der Waals surface area contributed by atoms with Crippen LogP contribution >= 0.6 is 35.7 Å². The maximum Gasteiger partial charge on any atom is 0.346 e. The molecule has 2 aromatic rings. The molecule has 4 rings (SSSR count). The standard InChI is InChI=1S/C29H26N2O8S3/c1-6-39-18-12-13-20-19(15-18)22(28-41-23(26(33)37-4)24(42-28)27(34)38-5)25(40)29(2,3)30(20)21(32)14-9-16-7-10-17(11-8-16)31(35)36/h7-15H,6H2,1-5H3. The molecule has 2 aliphatic heterocycles. The van der Waals surface area contributed by atoms with E-state index in [1.54, 1.807) is 41.3 Å². The summed E-state index contributed by atoms with van der Waals surface area (Å²) in [7, 11) is 2.46. The molecular weight excluding hydrogens is 601 g/mol. The number of carbonyl (C=O) groups excluding carboxylic acids is 3. The van der Waals surface area contributed by atoms with Crippen molar-refractivity contribution >= 4 is 81.5 Å². The van der Waals surface area contributed by atoms with Gasteiger partial charge in [-0.1, -0.05) is 35.7 Å². The van der Waals surface area contributed by atoms with Crippen molar-refractivity contribution < 1.29 is 33.5 Å². The van der Waals surface area contributed by atoms with E-state index in [0.717, 1.165) is 23.5 Å². The number of rotatable bonds is 7. The molecule has 2 aromatic carbocycles. The van der Waals surface area contributed by atoms with Crippen LogP contribution in [-0.4, -0.2) is 54.0 Å². The van der Waals surface area contributed by atoms with Crippen LogP contribution in [0.5, 0.6) is 5.75 Å². The molecule has 2 aliphatic rings. The zero-order valence-corrected chi connectivity index (χ0v) is 25.7. The van der Waals surface area contributed by atoms with Gasteiger partial charge < -0.3 is 14.2 Å². The third kappa shape index (κ3) is 5.85. The third-order valence-electron chi connectivity index (χ3n) is 6.42. The van der Waals surface area contributed by atoms with Crippen LogP contribution in [0.25, 0.3) is 11.6 Å². The van der Waals surface area contributed by atoms with Crippen LogP contribution in [0.15, 0.2) is 62.6 Å². The van der Waals surface area contributed by atoms with Crippen LogP contribution in [0, 0.1) is 10.1 Å². The average molecular weight is 627 g/mol. The van der Waals surface area contributed by atoms with Gasteiger partial charge in [-0.3, -0.25) is 19.8 Å². The Morgan fingerprint density at radius 1 is 1.02 bits per heavy atom. The van der Waals surface area contributed by atoms with Gasteiger partial charge in [0, 0.05) is 29.3 Å². The summed E-state index contributed by atoms with van der Waals surface area (Å²) in [6.07, 6.45) is 2.96. The van der Waals surface area contributed by atoms with Gasteiger partial charge in [0.15, 0.2) is 0 Å². The Hall–Kier alpha value is -3.94. The minimum absolute atomic E-state index is 0.0524. The number of amides is 1. The lowest BCUT2D eigenvalue weighted by Gasteiger charge is -2.45. The van der Waals surface area contributed by atoms with Gasteiger partial charge in [-0.05, 0) is 62.7 Å². The largest absolute Gasteiger partial charge is 0.494 e. The number of anilines is 1. The molecule has 218 valence electrons. The van der Waals surface area contributed by atoms with Crippen molar-refractivity contribution in [3.8, 4) is 5.75 Å². The van der Waals surface area contributed by atoms with Gasteiger partial charge in [-0.2, -0.15) is 0 Å². The third-order valence-corrected chi connectivity index (χ3v) is 9.68. The Labute approximate surface area is 255 Å². The van der Waals surface area contributed by atoms with Gasteiger partial charge in [0.25, 0.3) is 11.6 Å². The summed E-state index contributed by atoms with van der Waals surface area (Å²) in [6.45, 7) is 5.88. The first-order valence-corrected chi connectivity index (χ1v) is 14.6. The number of fused-ring (bicyclic) bond motifs is 1. The number of carbonyl (C=O) groups is 3. The number of methoxy groups -OCH3 is 2. The molecule has 0 spiro atoms. The van der Waals surface area contributed by atoms with Gasteiger partial charge in [-0.25, -0.2) is 9.59 Å². The summed E-state index contributed by atoms with van der Waals surface area (Å²) in [5, 5.41) is 11.0. The normalized spacial score (nSPS) is 16.0. The lowest BCUT2D eigenvalue weighted by atomic mass is 9.83. The number of thiocarbonyl (C=S) groups is 1. The van der Waals surface area contributed by atoms with Crippen LogP contribution in [0.1, 0.15) is 31.9 Å². The molecule has 0 N–H and O–H groups in total. The van der Waals surface area contributed by atoms with E-state index in [4.69, 9.17) is 26.4 Å². The van der Waals surface area contributed by atoms with Gasteiger partial charge in [-0.15, -0.1) is 0 Å². The molecule has 0 radical (unpaired) electrons. The topological polar surface area (TPSA) is 125 Å². The Morgan fingerprint density at radius 2 is 1.62 bits per heavy atom. The zero-order valence-electron chi connectivity index (χ0n) is 23.3. The first kappa shape index (κ1) is 31.0. The fraction of sp³-hybridized carbons (Fsp3) is 0.241. The molecule has 0 saturated heterocycles. The number of nitro groups is 1. The predicted molar refractivity (Wildman–Crippen MR) is 167 cm³/mol. The van der Waals surface area contributed by atoms with Crippen LogP contribution in [-0.2, 0) is 23.9 Å². The van der Waals surface area contributed by atoms with Gasteiger partial charge >= 0.3 is 11.9 Å². The van der Waals surface area contributed by atoms with E-state index in [9.17, 15) is 24.5 Å². The Kier molecular flexibility index (Phi) is 9.24. The van der Waals surface area contributed by atoms with Crippen LogP contribution in [0.2, 0.25) is 0 Å². The second-order valence-electron chi connectivity index (χ2n) is 9.36. The van der Waals surface area contributed by atoms with Crippen molar-refractivity contribution in [2.75, 3.05) is 25.7 Å². The number of benzene rings is 2. The summed E-state index contributed by atoms with van der Waals surface area (Å²) in [5.74, 6) is -1.18. The quantitative estimate of drug-likeness (QED) is 0.120. The van der Waals surface area contributed by atoms with Crippen LogP contribution < -0.4 is 9.64 Å². The molecule has 0 atom stereocenters. The second kappa shape index (κ2) is 12.5. The van der Waals surface area contributed by atoms with E-state index in [0.29, 0.717) is 43.8 Å². The number of esters is 2. The molecule has 0 saturated carbocycles. The van der Waals surface area contributed by atoms with Crippen molar-refractivity contribution in [2.24, 2.45) is 0 Å². The Bertz CT molecular complexity index is 1560. The monoisotopic (exact) mass is 626 g/mol. The minimum atomic E-state index is -1.02. The first-order chi connectivity index (χ1) is 19.9. The van der Waals surface area contributed by atoms with E-state index in [1.807, 2.05) is 20.8 Å². The van der Waals surface area contributed by atoms with Crippen molar-refractivity contribution in [2.45, 2.75) is 26.3 Å². The highest BCUT2D eigenvalue weighted by molar-refractivity contribution is 8.29. The minimum Gasteiger partial charge on any atom is -0.494 e. The molecule has 13 heteroatoms. The summed E-state index contributed by atoms with van der Waals surface area (Å²) in [6, 6.07) is 11.1. The van der Waals surface area contributed by atoms with E-state index in [-0.39, 0.29) is 21.4 Å². The van der Waals surface area contributed by atoms with E-state index in [2.05, 4.69) is 0 Å². The number of ether oxygens (including phenoxy) is 3. The highest BCUT2D eigenvalue weighted by atomic mass is 32.2. The number of hydrogen-bond acceptors (Lipinski definition) is 11. The number of non-ortho nitro benzene ring substituents is 1.